The van der Waals surface area contributed by atoms with Crippen LogP contribution in [-0.2, 0) is 4.74 Å². The number of unbranched alkanes of at least 4 members (excludes halogenated alkanes) is 2. The first-order chi connectivity index (χ1) is 3.91. The standard InChI is InChI=1S/C7H15O/c1-3-5-6-7-8-4-2/h3H,4-7H2,1-2H3. The zero-order valence-electron chi connectivity index (χ0n) is 5.81. The fourth-order valence-electron chi connectivity index (χ4n) is 0.534. The Balaban J connectivity index is 2.53. The lowest BCUT2D eigenvalue weighted by molar-refractivity contribution is 0.145. The summed E-state index contributed by atoms with van der Waals surface area (Å²) < 4.78 is 5.12. The summed E-state index contributed by atoms with van der Waals surface area (Å²) in [6.07, 6.45) is 4.52. The number of ether oxygens (including phenoxy) is 1. The molecule has 0 amide bonds. The van der Waals surface area contributed by atoms with E-state index >= 15 is 0 Å². The molecule has 0 spiro atoms. The van der Waals surface area contributed by atoms with Crippen LogP contribution in [0.15, 0.2) is 0 Å². The van der Waals surface area contributed by atoms with E-state index in [9.17, 15) is 0 Å². The Bertz CT molecular complexity index is 29.4. The SMILES string of the molecule is C[CH]CCCOCC. The summed E-state index contributed by atoms with van der Waals surface area (Å²) >= 11 is 0. The Kier molecular flexibility index (Phi) is 6.93. The molecule has 0 aromatic heterocycles. The second-order valence-corrected chi connectivity index (χ2v) is 1.75. The van der Waals surface area contributed by atoms with E-state index in [1.165, 1.54) is 12.8 Å². The maximum Gasteiger partial charge on any atom is 0.0465 e. The third-order valence-electron chi connectivity index (χ3n) is 0.986. The van der Waals surface area contributed by atoms with E-state index in [2.05, 4.69) is 13.3 Å². The summed E-state index contributed by atoms with van der Waals surface area (Å²) in [6, 6.07) is 0. The van der Waals surface area contributed by atoms with Crippen molar-refractivity contribution in [2.45, 2.75) is 26.7 Å². The Morgan fingerprint density at radius 1 is 1.50 bits per heavy atom. The fourth-order valence-corrected chi connectivity index (χ4v) is 0.534. The average molecular weight is 115 g/mol. The van der Waals surface area contributed by atoms with Crippen molar-refractivity contribution in [1.29, 1.82) is 0 Å². The van der Waals surface area contributed by atoms with Crippen molar-refractivity contribution < 1.29 is 4.74 Å². The molecule has 0 saturated heterocycles. The van der Waals surface area contributed by atoms with Gasteiger partial charge in [-0.3, -0.25) is 0 Å². The van der Waals surface area contributed by atoms with E-state index in [4.69, 9.17) is 4.74 Å². The lowest BCUT2D eigenvalue weighted by Gasteiger charge is -1.96. The molecule has 0 fully saturated rings. The second-order valence-electron chi connectivity index (χ2n) is 1.75. The zero-order valence-corrected chi connectivity index (χ0v) is 5.81. The Hall–Kier alpha value is -0.0400. The van der Waals surface area contributed by atoms with Crippen LogP contribution in [-0.4, -0.2) is 13.2 Å². The molecule has 0 aliphatic carbocycles. The molecule has 0 atom stereocenters. The van der Waals surface area contributed by atoms with Gasteiger partial charge in [0.15, 0.2) is 0 Å². The molecule has 1 nitrogen and oxygen atoms in total. The minimum absolute atomic E-state index is 0.851. The third-order valence-corrected chi connectivity index (χ3v) is 0.986. The Labute approximate surface area is 52.0 Å². The van der Waals surface area contributed by atoms with Crippen molar-refractivity contribution >= 4 is 0 Å². The predicted molar refractivity (Wildman–Crippen MR) is 35.7 cm³/mol. The molecular formula is C7H15O. The molecular weight excluding hydrogens is 100 g/mol. The lowest BCUT2D eigenvalue weighted by Crippen LogP contribution is -1.91. The number of hydrogen-bond donors (Lipinski definition) is 0. The highest BCUT2D eigenvalue weighted by atomic mass is 16.5. The van der Waals surface area contributed by atoms with Gasteiger partial charge in [0.25, 0.3) is 0 Å². The van der Waals surface area contributed by atoms with Crippen molar-refractivity contribution in [3.05, 3.63) is 6.42 Å². The number of hydrogen-bond acceptors (Lipinski definition) is 1. The summed E-state index contributed by atoms with van der Waals surface area (Å²) in [7, 11) is 0. The van der Waals surface area contributed by atoms with Gasteiger partial charge in [-0.15, -0.1) is 0 Å². The smallest absolute Gasteiger partial charge is 0.0465 e. The van der Waals surface area contributed by atoms with Crippen LogP contribution in [0.5, 0.6) is 0 Å². The van der Waals surface area contributed by atoms with E-state index in [1.807, 2.05) is 6.92 Å². The van der Waals surface area contributed by atoms with Gasteiger partial charge in [0.2, 0.25) is 0 Å². The average Bonchev–Trinajstić information content (AvgIpc) is 1.81. The zero-order chi connectivity index (χ0) is 6.24. The minimum Gasteiger partial charge on any atom is -0.382 e. The van der Waals surface area contributed by atoms with Crippen LogP contribution in [0.2, 0.25) is 0 Å². The largest absolute Gasteiger partial charge is 0.382 e. The van der Waals surface area contributed by atoms with Gasteiger partial charge in [0, 0.05) is 13.2 Å². The van der Waals surface area contributed by atoms with Gasteiger partial charge >= 0.3 is 0 Å². The Morgan fingerprint density at radius 2 is 2.25 bits per heavy atom. The highest BCUT2D eigenvalue weighted by molar-refractivity contribution is 4.53. The summed E-state index contributed by atoms with van der Waals surface area (Å²) in [6.45, 7) is 5.87. The van der Waals surface area contributed by atoms with Gasteiger partial charge in [0.05, 0.1) is 0 Å². The van der Waals surface area contributed by atoms with Crippen LogP contribution in [0.4, 0.5) is 0 Å². The summed E-state index contributed by atoms with van der Waals surface area (Å²) in [5.41, 5.74) is 0. The van der Waals surface area contributed by atoms with Crippen molar-refractivity contribution in [2.24, 2.45) is 0 Å². The van der Waals surface area contributed by atoms with Gasteiger partial charge in [-0.25, -0.2) is 0 Å². The quantitative estimate of drug-likeness (QED) is 0.498. The highest BCUT2D eigenvalue weighted by Crippen LogP contribution is 1.91. The molecule has 0 saturated carbocycles. The van der Waals surface area contributed by atoms with Crippen molar-refractivity contribution in [2.75, 3.05) is 13.2 Å². The maximum atomic E-state index is 5.12. The lowest BCUT2D eigenvalue weighted by atomic mass is 10.3. The molecule has 0 rings (SSSR count). The van der Waals surface area contributed by atoms with Crippen LogP contribution in [0, 0.1) is 6.42 Å². The molecule has 8 heavy (non-hydrogen) atoms. The first-order valence-electron chi connectivity index (χ1n) is 3.27. The van der Waals surface area contributed by atoms with E-state index in [1.54, 1.807) is 0 Å². The molecule has 0 aromatic carbocycles. The third kappa shape index (κ3) is 5.96. The fraction of sp³-hybridized carbons (Fsp3) is 0.857. The highest BCUT2D eigenvalue weighted by Gasteiger charge is 1.82. The van der Waals surface area contributed by atoms with Crippen LogP contribution in [0.3, 0.4) is 0 Å². The van der Waals surface area contributed by atoms with E-state index < -0.39 is 0 Å². The topological polar surface area (TPSA) is 9.23 Å². The normalized spacial score (nSPS) is 9.75. The van der Waals surface area contributed by atoms with Gasteiger partial charge in [-0.05, 0) is 26.2 Å². The van der Waals surface area contributed by atoms with E-state index in [0.717, 1.165) is 13.2 Å². The molecule has 0 aromatic rings. The van der Waals surface area contributed by atoms with Gasteiger partial charge < -0.3 is 4.74 Å². The first-order valence-corrected chi connectivity index (χ1v) is 3.27. The Morgan fingerprint density at radius 3 is 2.75 bits per heavy atom. The molecule has 0 aliphatic rings. The van der Waals surface area contributed by atoms with Crippen LogP contribution in [0.1, 0.15) is 26.7 Å². The monoisotopic (exact) mass is 115 g/mol. The van der Waals surface area contributed by atoms with E-state index in [0.29, 0.717) is 0 Å². The summed E-state index contributed by atoms with van der Waals surface area (Å²) in [5.74, 6) is 0. The van der Waals surface area contributed by atoms with Gasteiger partial charge in [-0.1, -0.05) is 6.92 Å². The van der Waals surface area contributed by atoms with Crippen LogP contribution in [0.25, 0.3) is 0 Å². The van der Waals surface area contributed by atoms with Gasteiger partial charge in [-0.2, -0.15) is 0 Å². The van der Waals surface area contributed by atoms with Crippen LogP contribution < -0.4 is 0 Å². The second kappa shape index (κ2) is 6.96. The molecule has 0 N–H and O–H groups in total. The van der Waals surface area contributed by atoms with Crippen molar-refractivity contribution in [3.8, 4) is 0 Å². The minimum atomic E-state index is 0.851. The number of rotatable bonds is 5. The van der Waals surface area contributed by atoms with Crippen molar-refractivity contribution in [1.82, 2.24) is 0 Å². The van der Waals surface area contributed by atoms with E-state index in [-0.39, 0.29) is 0 Å². The molecule has 1 radical (unpaired) electrons. The molecule has 0 aliphatic heterocycles. The van der Waals surface area contributed by atoms with Crippen LogP contribution >= 0.6 is 0 Å². The summed E-state index contributed by atoms with van der Waals surface area (Å²) in [5, 5.41) is 0. The molecule has 0 bridgehead atoms. The summed E-state index contributed by atoms with van der Waals surface area (Å²) in [4.78, 5) is 0. The van der Waals surface area contributed by atoms with Gasteiger partial charge in [0.1, 0.15) is 0 Å². The molecule has 1 heteroatoms. The predicted octanol–water partition coefficient (Wildman–Crippen LogP) is 2.03. The first kappa shape index (κ1) is 7.96. The molecule has 0 unspecified atom stereocenters. The molecule has 0 heterocycles. The maximum absolute atomic E-state index is 5.12. The molecule has 49 valence electrons. The van der Waals surface area contributed by atoms with Crippen molar-refractivity contribution in [3.63, 3.8) is 0 Å².